The lowest BCUT2D eigenvalue weighted by Gasteiger charge is -1.91. The van der Waals surface area contributed by atoms with E-state index in [-0.39, 0.29) is 0 Å². The van der Waals surface area contributed by atoms with Crippen LogP contribution in [0.1, 0.15) is 5.56 Å². The standard InChI is InChI=1S/C8H8N2S/c1-5-2-3-7-6(4-5)8(9)11-10-7/h2-4H,9H2,1H3. The molecule has 2 N–H and O–H groups in total. The van der Waals surface area contributed by atoms with Crippen LogP contribution >= 0.6 is 11.5 Å². The van der Waals surface area contributed by atoms with Gasteiger partial charge in [-0.25, -0.2) is 0 Å². The molecule has 11 heavy (non-hydrogen) atoms. The van der Waals surface area contributed by atoms with Crippen molar-refractivity contribution in [2.75, 3.05) is 5.73 Å². The van der Waals surface area contributed by atoms with Gasteiger partial charge in [0.15, 0.2) is 0 Å². The number of rotatable bonds is 0. The Morgan fingerprint density at radius 3 is 3.09 bits per heavy atom. The van der Waals surface area contributed by atoms with Crippen molar-refractivity contribution < 1.29 is 0 Å². The number of hydrogen-bond acceptors (Lipinski definition) is 3. The lowest BCUT2D eigenvalue weighted by Crippen LogP contribution is -1.79. The molecule has 1 heterocycles. The van der Waals surface area contributed by atoms with Gasteiger partial charge in [-0.3, -0.25) is 0 Å². The Bertz CT molecular complexity index is 392. The lowest BCUT2D eigenvalue weighted by atomic mass is 10.2. The summed E-state index contributed by atoms with van der Waals surface area (Å²) >= 11 is 1.35. The molecule has 0 aliphatic heterocycles. The summed E-state index contributed by atoms with van der Waals surface area (Å²) in [6.07, 6.45) is 0. The first-order valence-electron chi connectivity index (χ1n) is 3.39. The molecule has 0 saturated heterocycles. The molecule has 2 nitrogen and oxygen atoms in total. The SMILES string of the molecule is Cc1ccc2nsc(N)c2c1. The highest BCUT2D eigenvalue weighted by molar-refractivity contribution is 7.11. The number of fused-ring (bicyclic) bond motifs is 1. The molecule has 0 unspecified atom stereocenters. The Morgan fingerprint density at radius 1 is 1.45 bits per heavy atom. The molecule has 0 spiro atoms. The Kier molecular flexibility index (Phi) is 1.32. The van der Waals surface area contributed by atoms with Crippen LogP contribution in [0.4, 0.5) is 5.00 Å². The molecular formula is C8H8N2S. The van der Waals surface area contributed by atoms with Gasteiger partial charge in [-0.1, -0.05) is 11.6 Å². The van der Waals surface area contributed by atoms with Crippen LogP contribution < -0.4 is 5.73 Å². The van der Waals surface area contributed by atoms with Crippen molar-refractivity contribution in [1.29, 1.82) is 0 Å². The average Bonchev–Trinajstić information content (AvgIpc) is 2.33. The number of benzene rings is 1. The third kappa shape index (κ3) is 0.973. The van der Waals surface area contributed by atoms with E-state index in [9.17, 15) is 0 Å². The quantitative estimate of drug-likeness (QED) is 0.648. The molecular weight excluding hydrogens is 156 g/mol. The van der Waals surface area contributed by atoms with Crippen molar-refractivity contribution in [3.8, 4) is 0 Å². The number of anilines is 1. The predicted molar refractivity (Wildman–Crippen MR) is 48.8 cm³/mol. The van der Waals surface area contributed by atoms with Crippen LogP contribution in [0.15, 0.2) is 18.2 Å². The van der Waals surface area contributed by atoms with Gasteiger partial charge in [-0.2, -0.15) is 4.37 Å². The maximum Gasteiger partial charge on any atom is 0.114 e. The van der Waals surface area contributed by atoms with Crippen molar-refractivity contribution in [2.45, 2.75) is 6.92 Å². The summed E-state index contributed by atoms with van der Waals surface area (Å²) in [5.74, 6) is 0. The van der Waals surface area contributed by atoms with Gasteiger partial charge in [0.2, 0.25) is 0 Å². The van der Waals surface area contributed by atoms with Crippen molar-refractivity contribution in [3.05, 3.63) is 23.8 Å². The van der Waals surface area contributed by atoms with Crippen LogP contribution in [0.25, 0.3) is 10.9 Å². The molecule has 1 aromatic carbocycles. The van der Waals surface area contributed by atoms with Gasteiger partial charge in [0.25, 0.3) is 0 Å². The minimum absolute atomic E-state index is 0.809. The molecule has 0 fully saturated rings. The number of nitrogens with two attached hydrogens (primary N) is 1. The van der Waals surface area contributed by atoms with E-state index in [0.29, 0.717) is 0 Å². The summed E-state index contributed by atoms with van der Waals surface area (Å²) in [5.41, 5.74) is 7.93. The topological polar surface area (TPSA) is 38.9 Å². The van der Waals surface area contributed by atoms with Crippen LogP contribution in [-0.2, 0) is 0 Å². The second kappa shape index (κ2) is 2.20. The van der Waals surface area contributed by atoms with Crippen LogP contribution in [0.5, 0.6) is 0 Å². The van der Waals surface area contributed by atoms with E-state index in [1.165, 1.54) is 17.1 Å². The average molecular weight is 164 g/mol. The molecule has 2 aromatic rings. The fourth-order valence-corrected chi connectivity index (χ4v) is 1.69. The molecule has 0 aliphatic carbocycles. The van der Waals surface area contributed by atoms with Gasteiger partial charge in [0, 0.05) is 5.39 Å². The van der Waals surface area contributed by atoms with Gasteiger partial charge >= 0.3 is 0 Å². The molecule has 0 bridgehead atoms. The Hall–Kier alpha value is -1.09. The summed E-state index contributed by atoms with van der Waals surface area (Å²) in [7, 11) is 0. The van der Waals surface area contributed by atoms with Crippen LogP contribution in [-0.4, -0.2) is 4.37 Å². The number of hydrogen-bond donors (Lipinski definition) is 1. The summed E-state index contributed by atoms with van der Waals surface area (Å²) in [4.78, 5) is 0. The summed E-state index contributed by atoms with van der Waals surface area (Å²) < 4.78 is 4.18. The van der Waals surface area contributed by atoms with Gasteiger partial charge in [-0.15, -0.1) is 0 Å². The highest BCUT2D eigenvalue weighted by Gasteiger charge is 2.00. The number of aryl methyl sites for hydroxylation is 1. The van der Waals surface area contributed by atoms with E-state index >= 15 is 0 Å². The lowest BCUT2D eigenvalue weighted by molar-refractivity contribution is 1.50. The zero-order valence-corrected chi connectivity index (χ0v) is 6.98. The zero-order valence-electron chi connectivity index (χ0n) is 6.16. The van der Waals surface area contributed by atoms with Gasteiger partial charge in [-0.05, 0) is 30.6 Å². The maximum atomic E-state index is 5.70. The number of nitrogen functional groups attached to an aromatic ring is 1. The maximum absolute atomic E-state index is 5.70. The van der Waals surface area contributed by atoms with Gasteiger partial charge in [0.1, 0.15) is 5.00 Å². The van der Waals surface area contributed by atoms with Crippen molar-refractivity contribution in [3.63, 3.8) is 0 Å². The van der Waals surface area contributed by atoms with E-state index in [2.05, 4.69) is 17.4 Å². The van der Waals surface area contributed by atoms with Crippen LogP contribution in [0, 0.1) is 6.92 Å². The molecule has 0 aliphatic rings. The molecule has 1 aromatic heterocycles. The summed E-state index contributed by atoms with van der Waals surface area (Å²) in [5, 5.41) is 1.89. The predicted octanol–water partition coefficient (Wildman–Crippen LogP) is 2.19. The van der Waals surface area contributed by atoms with E-state index in [1.807, 2.05) is 12.1 Å². The molecule has 0 amide bonds. The number of nitrogens with zero attached hydrogens (tertiary/aromatic N) is 1. The minimum Gasteiger partial charge on any atom is -0.389 e. The zero-order chi connectivity index (χ0) is 7.84. The summed E-state index contributed by atoms with van der Waals surface area (Å²) in [6.45, 7) is 2.05. The molecule has 2 rings (SSSR count). The third-order valence-corrected chi connectivity index (χ3v) is 2.36. The highest BCUT2D eigenvalue weighted by atomic mass is 32.1. The van der Waals surface area contributed by atoms with E-state index < -0.39 is 0 Å². The first-order chi connectivity index (χ1) is 5.27. The molecule has 3 heteroatoms. The number of aromatic nitrogens is 1. The fourth-order valence-electron chi connectivity index (χ4n) is 1.07. The normalized spacial score (nSPS) is 10.6. The Morgan fingerprint density at radius 2 is 2.27 bits per heavy atom. The molecule has 0 radical (unpaired) electrons. The second-order valence-electron chi connectivity index (χ2n) is 2.57. The monoisotopic (exact) mass is 164 g/mol. The Labute approximate surface area is 68.8 Å². The Balaban J connectivity index is 2.87. The van der Waals surface area contributed by atoms with E-state index in [1.54, 1.807) is 0 Å². The molecule has 0 atom stereocenters. The largest absolute Gasteiger partial charge is 0.389 e. The van der Waals surface area contributed by atoms with E-state index in [4.69, 9.17) is 5.73 Å². The third-order valence-electron chi connectivity index (χ3n) is 1.66. The highest BCUT2D eigenvalue weighted by Crippen LogP contribution is 2.24. The first kappa shape index (κ1) is 6.61. The van der Waals surface area contributed by atoms with E-state index in [0.717, 1.165) is 15.9 Å². The van der Waals surface area contributed by atoms with Gasteiger partial charge in [0.05, 0.1) is 5.52 Å². The first-order valence-corrected chi connectivity index (χ1v) is 4.16. The minimum atomic E-state index is 0.809. The van der Waals surface area contributed by atoms with Crippen molar-refractivity contribution >= 4 is 27.4 Å². The van der Waals surface area contributed by atoms with Crippen molar-refractivity contribution in [2.24, 2.45) is 0 Å². The molecule has 0 saturated carbocycles. The molecule has 56 valence electrons. The van der Waals surface area contributed by atoms with Crippen LogP contribution in [0.3, 0.4) is 0 Å². The van der Waals surface area contributed by atoms with Crippen molar-refractivity contribution in [1.82, 2.24) is 4.37 Å². The smallest absolute Gasteiger partial charge is 0.114 e. The second-order valence-corrected chi connectivity index (χ2v) is 3.37. The summed E-state index contributed by atoms with van der Waals surface area (Å²) in [6, 6.07) is 6.10. The van der Waals surface area contributed by atoms with Crippen LogP contribution in [0.2, 0.25) is 0 Å². The fraction of sp³-hybridized carbons (Fsp3) is 0.125. The van der Waals surface area contributed by atoms with Gasteiger partial charge < -0.3 is 5.73 Å².